The first-order chi connectivity index (χ1) is 5.08. The zero-order valence-electron chi connectivity index (χ0n) is 9.92. The molecule has 0 atom stereocenters. The average Bonchev–Trinajstić information content (AvgIpc) is 1.90. The second kappa shape index (κ2) is 14.0. The summed E-state index contributed by atoms with van der Waals surface area (Å²) in [6, 6.07) is 0. The monoisotopic (exact) mass is 185 g/mol. The van der Waals surface area contributed by atoms with Crippen LogP contribution in [-0.4, -0.2) is 35.6 Å². The third-order valence-corrected chi connectivity index (χ3v) is 1.34. The molecular formula is C8H20NNaO2. The summed E-state index contributed by atoms with van der Waals surface area (Å²) < 4.78 is 0. The first-order valence-electron chi connectivity index (χ1n) is 4.00. The Morgan fingerprint density at radius 1 is 1.25 bits per heavy atom. The molecule has 0 spiro atoms. The van der Waals surface area contributed by atoms with E-state index >= 15 is 0 Å². The summed E-state index contributed by atoms with van der Waals surface area (Å²) in [7, 11) is 0. The maximum atomic E-state index is 9.00. The van der Waals surface area contributed by atoms with Crippen molar-refractivity contribution >= 4 is 5.97 Å². The number of hydrogen-bond donors (Lipinski definition) is 1. The van der Waals surface area contributed by atoms with Crippen LogP contribution in [0.4, 0.5) is 0 Å². The van der Waals surface area contributed by atoms with E-state index in [1.807, 2.05) is 0 Å². The van der Waals surface area contributed by atoms with E-state index in [4.69, 9.17) is 9.90 Å². The molecule has 0 aromatic carbocycles. The standard InChI is InChI=1S/C6H15N.C2H4O2.Na.H/c1-4-7(5-2)6-3;1-2(3)4;;/h4-6H2,1-3H3;1H3,(H,3,4);;/q;;+1;-1. The van der Waals surface area contributed by atoms with E-state index in [1.165, 1.54) is 19.6 Å². The molecule has 0 heterocycles. The maximum Gasteiger partial charge on any atom is 1.00 e. The Balaban J connectivity index is -0.0000000600. The van der Waals surface area contributed by atoms with Crippen molar-refractivity contribution in [2.45, 2.75) is 27.7 Å². The van der Waals surface area contributed by atoms with Gasteiger partial charge in [0.2, 0.25) is 0 Å². The van der Waals surface area contributed by atoms with Gasteiger partial charge in [0.15, 0.2) is 0 Å². The second-order valence-electron chi connectivity index (χ2n) is 2.14. The van der Waals surface area contributed by atoms with Crippen molar-refractivity contribution < 1.29 is 40.9 Å². The zero-order chi connectivity index (χ0) is 9.28. The van der Waals surface area contributed by atoms with Crippen LogP contribution in [-0.2, 0) is 4.79 Å². The number of rotatable bonds is 3. The van der Waals surface area contributed by atoms with Gasteiger partial charge in [-0.15, -0.1) is 0 Å². The second-order valence-corrected chi connectivity index (χ2v) is 2.14. The number of carboxylic acids is 1. The summed E-state index contributed by atoms with van der Waals surface area (Å²) >= 11 is 0. The van der Waals surface area contributed by atoms with Gasteiger partial charge in [-0.1, -0.05) is 20.8 Å². The van der Waals surface area contributed by atoms with Crippen molar-refractivity contribution in [1.82, 2.24) is 4.90 Å². The third-order valence-electron chi connectivity index (χ3n) is 1.34. The molecule has 4 heteroatoms. The molecule has 0 radical (unpaired) electrons. The summed E-state index contributed by atoms with van der Waals surface area (Å²) in [5.74, 6) is -0.833. The van der Waals surface area contributed by atoms with Crippen LogP contribution in [0.5, 0.6) is 0 Å². The number of aliphatic carboxylic acids is 1. The molecule has 0 saturated carbocycles. The molecular weight excluding hydrogens is 165 g/mol. The Hall–Kier alpha value is 0.430. The Bertz CT molecular complexity index is 90.6. The molecule has 0 aromatic rings. The molecule has 0 amide bonds. The molecule has 0 aliphatic heterocycles. The van der Waals surface area contributed by atoms with Crippen molar-refractivity contribution in [2.75, 3.05) is 19.6 Å². The van der Waals surface area contributed by atoms with E-state index in [1.54, 1.807) is 0 Å². The van der Waals surface area contributed by atoms with Gasteiger partial charge in [0.05, 0.1) is 0 Å². The number of carboxylic acid groups (broad SMARTS) is 1. The smallest absolute Gasteiger partial charge is 1.00 e. The molecule has 0 aliphatic carbocycles. The summed E-state index contributed by atoms with van der Waals surface area (Å²) in [5.41, 5.74) is 0. The molecule has 70 valence electrons. The topological polar surface area (TPSA) is 40.5 Å². The van der Waals surface area contributed by atoms with E-state index < -0.39 is 5.97 Å². The molecule has 12 heavy (non-hydrogen) atoms. The van der Waals surface area contributed by atoms with E-state index in [0.29, 0.717) is 0 Å². The predicted octanol–water partition coefficient (Wildman–Crippen LogP) is -1.44. The summed E-state index contributed by atoms with van der Waals surface area (Å²) in [6.07, 6.45) is 0. The van der Waals surface area contributed by atoms with Gasteiger partial charge in [-0.25, -0.2) is 0 Å². The first kappa shape index (κ1) is 18.3. The number of hydrogen-bond acceptors (Lipinski definition) is 2. The van der Waals surface area contributed by atoms with Crippen molar-refractivity contribution in [3.05, 3.63) is 0 Å². The molecule has 0 aliphatic rings. The number of carbonyl (C=O) groups is 1. The van der Waals surface area contributed by atoms with Gasteiger partial charge in [0.1, 0.15) is 0 Å². The van der Waals surface area contributed by atoms with Gasteiger partial charge in [0, 0.05) is 6.92 Å². The van der Waals surface area contributed by atoms with Crippen molar-refractivity contribution in [3.8, 4) is 0 Å². The van der Waals surface area contributed by atoms with Crippen molar-refractivity contribution in [3.63, 3.8) is 0 Å². The van der Waals surface area contributed by atoms with Gasteiger partial charge in [0.25, 0.3) is 5.97 Å². The average molecular weight is 185 g/mol. The van der Waals surface area contributed by atoms with Gasteiger partial charge in [-0.2, -0.15) is 0 Å². The van der Waals surface area contributed by atoms with E-state index in [0.717, 1.165) is 6.92 Å². The van der Waals surface area contributed by atoms with E-state index in [2.05, 4.69) is 25.7 Å². The Morgan fingerprint density at radius 3 is 1.42 bits per heavy atom. The maximum absolute atomic E-state index is 9.00. The molecule has 0 aromatic heterocycles. The van der Waals surface area contributed by atoms with Crippen LogP contribution in [0.2, 0.25) is 0 Å². The summed E-state index contributed by atoms with van der Waals surface area (Å²) in [4.78, 5) is 11.4. The SMILES string of the molecule is CC(=O)O.CCN(CC)CC.[H-].[Na+]. The van der Waals surface area contributed by atoms with Crippen LogP contribution in [0.3, 0.4) is 0 Å². The largest absolute Gasteiger partial charge is 1.00 e. The minimum Gasteiger partial charge on any atom is -1.00 e. The Morgan fingerprint density at radius 2 is 1.42 bits per heavy atom. The molecule has 0 fully saturated rings. The zero-order valence-corrected chi connectivity index (χ0v) is 10.9. The van der Waals surface area contributed by atoms with Crippen molar-refractivity contribution in [2.24, 2.45) is 0 Å². The number of nitrogens with zero attached hydrogens (tertiary/aromatic N) is 1. The van der Waals surface area contributed by atoms with Gasteiger partial charge in [-0.3, -0.25) is 4.79 Å². The Labute approximate surface area is 98.9 Å². The van der Waals surface area contributed by atoms with Gasteiger partial charge < -0.3 is 11.4 Å². The van der Waals surface area contributed by atoms with Crippen LogP contribution in [0.15, 0.2) is 0 Å². The van der Waals surface area contributed by atoms with Crippen LogP contribution < -0.4 is 29.6 Å². The minimum absolute atomic E-state index is 0. The molecule has 0 bridgehead atoms. The minimum atomic E-state index is -0.833. The third kappa shape index (κ3) is 22.4. The van der Waals surface area contributed by atoms with Crippen LogP contribution in [0, 0.1) is 0 Å². The Kier molecular flexibility index (Phi) is 21.3. The molecule has 0 rings (SSSR count). The van der Waals surface area contributed by atoms with E-state index in [9.17, 15) is 0 Å². The summed E-state index contributed by atoms with van der Waals surface area (Å²) in [5, 5.41) is 7.42. The quantitative estimate of drug-likeness (QED) is 0.547. The molecule has 0 saturated heterocycles. The fourth-order valence-electron chi connectivity index (χ4n) is 0.671. The molecule has 0 unspecified atom stereocenters. The fourth-order valence-corrected chi connectivity index (χ4v) is 0.671. The van der Waals surface area contributed by atoms with Crippen LogP contribution in [0.25, 0.3) is 0 Å². The normalized spacial score (nSPS) is 8.08. The van der Waals surface area contributed by atoms with Crippen molar-refractivity contribution in [1.29, 1.82) is 0 Å². The van der Waals surface area contributed by atoms with Gasteiger partial charge in [-0.05, 0) is 19.6 Å². The fraction of sp³-hybridized carbons (Fsp3) is 0.875. The molecule has 3 nitrogen and oxygen atoms in total. The first-order valence-corrected chi connectivity index (χ1v) is 4.00. The predicted molar refractivity (Wildman–Crippen MR) is 47.9 cm³/mol. The van der Waals surface area contributed by atoms with Crippen LogP contribution >= 0.6 is 0 Å². The summed E-state index contributed by atoms with van der Waals surface area (Å²) in [6.45, 7) is 11.2. The molecule has 1 N–H and O–H groups in total. The van der Waals surface area contributed by atoms with E-state index in [-0.39, 0.29) is 31.0 Å². The van der Waals surface area contributed by atoms with Crippen LogP contribution in [0.1, 0.15) is 29.1 Å². The van der Waals surface area contributed by atoms with Gasteiger partial charge >= 0.3 is 29.6 Å².